The van der Waals surface area contributed by atoms with Gasteiger partial charge in [0.1, 0.15) is 0 Å². The molecule has 1 aromatic rings. The van der Waals surface area contributed by atoms with E-state index in [1.54, 1.807) is 18.2 Å². The summed E-state index contributed by atoms with van der Waals surface area (Å²) in [6.45, 7) is 0.300. The maximum atomic E-state index is 12.1. The summed E-state index contributed by atoms with van der Waals surface area (Å²) in [5.41, 5.74) is 0.378. The van der Waals surface area contributed by atoms with Gasteiger partial charge in [0, 0.05) is 34.6 Å². The predicted molar refractivity (Wildman–Crippen MR) is 78.3 cm³/mol. The van der Waals surface area contributed by atoms with E-state index in [1.807, 2.05) is 0 Å². The molecule has 0 radical (unpaired) electrons. The second-order valence-corrected chi connectivity index (χ2v) is 7.19. The molecule has 0 aromatic heterocycles. The van der Waals surface area contributed by atoms with Crippen molar-refractivity contribution in [3.8, 4) is 0 Å². The van der Waals surface area contributed by atoms with Gasteiger partial charge in [-0.25, -0.2) is 13.1 Å². The van der Waals surface area contributed by atoms with Crippen molar-refractivity contribution in [1.29, 1.82) is 0 Å². The Morgan fingerprint density at radius 3 is 2.50 bits per heavy atom. The summed E-state index contributed by atoms with van der Waals surface area (Å²) in [6.07, 6.45) is 0.807. The van der Waals surface area contributed by atoms with Gasteiger partial charge in [-0.1, -0.05) is 29.3 Å². The van der Waals surface area contributed by atoms with Crippen LogP contribution >= 0.6 is 23.2 Å². The van der Waals surface area contributed by atoms with Crippen LogP contribution in [0.25, 0.3) is 0 Å². The number of carbonyl (C=O) groups excluding carboxylic acids is 1. The molecule has 1 saturated heterocycles. The minimum absolute atomic E-state index is 0.0606. The average molecular weight is 337 g/mol. The Hall–Kier alpha value is -0.820. The number of carbonyl (C=O) groups is 1. The van der Waals surface area contributed by atoms with Crippen molar-refractivity contribution in [3.05, 3.63) is 33.8 Å². The van der Waals surface area contributed by atoms with Crippen LogP contribution in [0.2, 0.25) is 10.0 Å². The number of nitrogens with one attached hydrogen (secondary N) is 2. The van der Waals surface area contributed by atoms with Crippen LogP contribution in [0.3, 0.4) is 0 Å². The van der Waals surface area contributed by atoms with Crippen LogP contribution in [-0.4, -0.2) is 26.9 Å². The van der Waals surface area contributed by atoms with Gasteiger partial charge in [0.2, 0.25) is 15.9 Å². The van der Waals surface area contributed by atoms with Crippen LogP contribution < -0.4 is 10.0 Å². The van der Waals surface area contributed by atoms with E-state index in [0.29, 0.717) is 35.0 Å². The molecule has 8 heteroatoms. The van der Waals surface area contributed by atoms with Crippen LogP contribution in [0.1, 0.15) is 18.4 Å². The van der Waals surface area contributed by atoms with Gasteiger partial charge in [0.15, 0.2) is 0 Å². The monoisotopic (exact) mass is 336 g/mol. The van der Waals surface area contributed by atoms with Crippen LogP contribution in [-0.2, 0) is 20.6 Å². The first-order chi connectivity index (χ1) is 9.37. The lowest BCUT2D eigenvalue weighted by molar-refractivity contribution is -0.122. The Balaban J connectivity index is 2.06. The summed E-state index contributed by atoms with van der Waals surface area (Å²) < 4.78 is 26.8. The molecule has 1 fully saturated rings. The summed E-state index contributed by atoms with van der Waals surface area (Å²) in [4.78, 5) is 11.0. The molecular weight excluding hydrogens is 323 g/mol. The molecule has 1 aliphatic heterocycles. The Bertz CT molecular complexity index is 589. The van der Waals surface area contributed by atoms with Gasteiger partial charge in [-0.2, -0.15) is 0 Å². The number of benzene rings is 1. The second kappa shape index (κ2) is 6.30. The minimum Gasteiger partial charge on any atom is -0.355 e. The Morgan fingerprint density at radius 1 is 1.30 bits per heavy atom. The zero-order valence-corrected chi connectivity index (χ0v) is 12.9. The topological polar surface area (TPSA) is 75.3 Å². The van der Waals surface area contributed by atoms with Crippen molar-refractivity contribution in [2.75, 3.05) is 6.54 Å². The first-order valence-electron chi connectivity index (χ1n) is 6.07. The van der Waals surface area contributed by atoms with Crippen molar-refractivity contribution in [1.82, 2.24) is 10.0 Å². The van der Waals surface area contributed by atoms with E-state index in [0.717, 1.165) is 0 Å². The zero-order chi connectivity index (χ0) is 14.8. The van der Waals surface area contributed by atoms with Gasteiger partial charge in [-0.05, 0) is 18.6 Å². The van der Waals surface area contributed by atoms with Crippen molar-refractivity contribution < 1.29 is 13.2 Å². The molecule has 1 amide bonds. The third-order valence-electron chi connectivity index (χ3n) is 3.01. The molecular formula is C12H14Cl2N2O3S. The van der Waals surface area contributed by atoms with Gasteiger partial charge >= 0.3 is 0 Å². The van der Waals surface area contributed by atoms with Crippen LogP contribution in [0, 0.1) is 0 Å². The molecule has 0 spiro atoms. The van der Waals surface area contributed by atoms with E-state index in [4.69, 9.17) is 23.2 Å². The van der Waals surface area contributed by atoms with Crippen molar-refractivity contribution in [3.63, 3.8) is 0 Å². The van der Waals surface area contributed by atoms with Gasteiger partial charge in [-0.15, -0.1) is 0 Å². The molecule has 1 aromatic carbocycles. The molecule has 110 valence electrons. The number of hydrogen-bond donors (Lipinski definition) is 2. The molecule has 2 N–H and O–H groups in total. The van der Waals surface area contributed by atoms with Gasteiger partial charge in [-0.3, -0.25) is 4.79 Å². The molecule has 2 rings (SSSR count). The summed E-state index contributed by atoms with van der Waals surface area (Å²) in [7, 11) is -3.57. The molecule has 1 heterocycles. The summed E-state index contributed by atoms with van der Waals surface area (Å²) in [5.74, 6) is -0.342. The largest absolute Gasteiger partial charge is 0.355 e. The second-order valence-electron chi connectivity index (χ2n) is 4.62. The fourth-order valence-corrected chi connectivity index (χ4v) is 4.16. The van der Waals surface area contributed by atoms with Crippen molar-refractivity contribution in [2.45, 2.75) is 24.6 Å². The predicted octanol–water partition coefficient (Wildman–Crippen LogP) is 1.69. The first kappa shape index (κ1) is 15.6. The summed E-state index contributed by atoms with van der Waals surface area (Å²) in [6, 6.07) is 4.56. The smallest absolute Gasteiger partial charge is 0.220 e. The van der Waals surface area contributed by atoms with Gasteiger partial charge in [0.25, 0.3) is 0 Å². The molecule has 20 heavy (non-hydrogen) atoms. The van der Waals surface area contributed by atoms with E-state index in [-0.39, 0.29) is 17.7 Å². The lowest BCUT2D eigenvalue weighted by Gasteiger charge is -2.23. The number of halogens is 2. The van der Waals surface area contributed by atoms with E-state index in [1.165, 1.54) is 0 Å². The third-order valence-corrected chi connectivity index (χ3v) is 5.08. The van der Waals surface area contributed by atoms with Crippen LogP contribution in [0.5, 0.6) is 0 Å². The van der Waals surface area contributed by atoms with E-state index in [9.17, 15) is 13.2 Å². The number of piperidine rings is 1. The van der Waals surface area contributed by atoms with E-state index < -0.39 is 10.0 Å². The standard InChI is InChI=1S/C12H14Cl2N2O3S/c13-10-2-1-3-11(14)9(10)7-20(18,19)16-8-4-5-12(17)15-6-8/h1-3,8,16H,4-7H2,(H,15,17). The molecule has 1 aliphatic rings. The molecule has 1 unspecified atom stereocenters. The van der Waals surface area contributed by atoms with Gasteiger partial charge < -0.3 is 5.32 Å². The highest BCUT2D eigenvalue weighted by Crippen LogP contribution is 2.26. The maximum absolute atomic E-state index is 12.1. The first-order valence-corrected chi connectivity index (χ1v) is 8.48. The third kappa shape index (κ3) is 4.09. The summed E-state index contributed by atoms with van der Waals surface area (Å²) >= 11 is 11.9. The number of amides is 1. The molecule has 0 aliphatic carbocycles. The quantitative estimate of drug-likeness (QED) is 0.878. The fourth-order valence-electron chi connectivity index (χ4n) is 1.99. The van der Waals surface area contributed by atoms with E-state index >= 15 is 0 Å². The highest BCUT2D eigenvalue weighted by molar-refractivity contribution is 7.88. The Labute approximate surface area is 127 Å². The van der Waals surface area contributed by atoms with E-state index in [2.05, 4.69) is 10.0 Å². The van der Waals surface area contributed by atoms with Crippen LogP contribution in [0.15, 0.2) is 18.2 Å². The SMILES string of the molecule is O=C1CCC(NS(=O)(=O)Cc2c(Cl)cccc2Cl)CN1. The van der Waals surface area contributed by atoms with Crippen molar-refractivity contribution in [2.24, 2.45) is 0 Å². The Kier molecular flexibility index (Phi) is 4.90. The molecule has 1 atom stereocenters. The van der Waals surface area contributed by atoms with Crippen molar-refractivity contribution >= 4 is 39.1 Å². The zero-order valence-electron chi connectivity index (χ0n) is 10.5. The highest BCUT2D eigenvalue weighted by atomic mass is 35.5. The molecule has 0 saturated carbocycles. The average Bonchev–Trinajstić information content (AvgIpc) is 2.37. The number of rotatable bonds is 4. The lowest BCUT2D eigenvalue weighted by atomic mass is 10.1. The fraction of sp³-hybridized carbons (Fsp3) is 0.417. The number of hydrogen-bond acceptors (Lipinski definition) is 3. The normalized spacial score (nSPS) is 19.7. The van der Waals surface area contributed by atoms with Crippen LogP contribution in [0.4, 0.5) is 0 Å². The molecule has 5 nitrogen and oxygen atoms in total. The number of sulfonamides is 1. The Morgan fingerprint density at radius 2 is 1.95 bits per heavy atom. The summed E-state index contributed by atoms with van der Waals surface area (Å²) in [5, 5.41) is 3.26. The lowest BCUT2D eigenvalue weighted by Crippen LogP contribution is -2.47. The minimum atomic E-state index is -3.57. The van der Waals surface area contributed by atoms with Gasteiger partial charge in [0.05, 0.1) is 5.75 Å². The molecule has 0 bridgehead atoms. The maximum Gasteiger partial charge on any atom is 0.220 e. The highest BCUT2D eigenvalue weighted by Gasteiger charge is 2.24.